The average molecular weight is 916 g/mol. The Morgan fingerprint density at radius 1 is 0.338 bits per heavy atom. The molecule has 9 aromatic carbocycles. The van der Waals surface area contributed by atoms with Crippen LogP contribution < -0.4 is 14.4 Å². The summed E-state index contributed by atoms with van der Waals surface area (Å²) in [6.07, 6.45) is 0. The van der Waals surface area contributed by atoms with E-state index in [1.807, 2.05) is 150 Å². The van der Waals surface area contributed by atoms with Crippen LogP contribution in [0.5, 0.6) is 17.2 Å². The number of rotatable bonds is 8. The molecule has 1 unspecified atom stereocenters. The molecule has 1 atom stereocenters. The summed E-state index contributed by atoms with van der Waals surface area (Å²) in [5.74, 6) is 5.17. The first-order chi connectivity index (χ1) is 35.0. The van der Waals surface area contributed by atoms with Crippen molar-refractivity contribution in [1.82, 2.24) is 29.9 Å². The highest BCUT2D eigenvalue weighted by Crippen LogP contribution is 2.51. The van der Waals surface area contributed by atoms with Gasteiger partial charge >= 0.3 is 0 Å². The van der Waals surface area contributed by atoms with E-state index in [2.05, 4.69) is 91.9 Å². The Kier molecular flexibility index (Phi) is 10.1. The fourth-order valence-electron chi connectivity index (χ4n) is 9.66. The van der Waals surface area contributed by atoms with Crippen LogP contribution in [0.4, 0.5) is 17.3 Å². The van der Waals surface area contributed by atoms with Crippen molar-refractivity contribution in [2.24, 2.45) is 0 Å². The second-order valence-corrected chi connectivity index (χ2v) is 17.6. The van der Waals surface area contributed by atoms with Crippen molar-refractivity contribution in [2.75, 3.05) is 4.90 Å². The molecule has 0 radical (unpaired) electrons. The van der Waals surface area contributed by atoms with E-state index in [0.29, 0.717) is 46.6 Å². The molecule has 0 N–H and O–H groups in total. The number of anilines is 3. The maximum absolute atomic E-state index is 7.18. The van der Waals surface area contributed by atoms with Gasteiger partial charge in [-0.1, -0.05) is 194 Å². The molecule has 336 valence electrons. The second-order valence-electron chi connectivity index (χ2n) is 17.6. The molecule has 2 aliphatic rings. The topological polar surface area (TPSA) is 99.0 Å². The van der Waals surface area contributed by atoms with E-state index >= 15 is 0 Å². The number of hydrogen-bond acceptors (Lipinski definition) is 9. The molecular formula is C62H41N7O2. The zero-order chi connectivity index (χ0) is 47.3. The van der Waals surface area contributed by atoms with E-state index in [1.54, 1.807) is 0 Å². The monoisotopic (exact) mass is 915 g/mol. The minimum atomic E-state index is -0.742. The van der Waals surface area contributed by atoms with Crippen molar-refractivity contribution in [1.29, 1.82) is 0 Å². The van der Waals surface area contributed by atoms with E-state index in [4.69, 9.17) is 39.4 Å². The Labute approximate surface area is 410 Å². The number of benzene rings is 9. The minimum absolute atomic E-state index is 0.439. The van der Waals surface area contributed by atoms with Crippen LogP contribution in [0.3, 0.4) is 0 Å². The molecule has 11 aromatic rings. The lowest BCUT2D eigenvalue weighted by atomic mass is 9.80. The lowest BCUT2D eigenvalue weighted by Gasteiger charge is -2.38. The molecule has 2 aromatic heterocycles. The van der Waals surface area contributed by atoms with Crippen LogP contribution in [-0.2, 0) is 5.60 Å². The highest BCUT2D eigenvalue weighted by molar-refractivity contribution is 5.89. The second kappa shape index (κ2) is 17.2. The van der Waals surface area contributed by atoms with Crippen molar-refractivity contribution in [3.63, 3.8) is 0 Å². The normalized spacial score (nSPS) is 14.2. The molecule has 0 aliphatic carbocycles. The lowest BCUT2D eigenvalue weighted by molar-refractivity contribution is 0.129. The fourth-order valence-corrected chi connectivity index (χ4v) is 9.66. The third-order valence-corrected chi connectivity index (χ3v) is 13.2. The molecule has 0 fully saturated rings. The largest absolute Gasteiger partial charge is 0.477 e. The lowest BCUT2D eigenvalue weighted by Crippen LogP contribution is -2.34. The number of para-hydroxylation sites is 4. The molecule has 9 nitrogen and oxygen atoms in total. The summed E-state index contributed by atoms with van der Waals surface area (Å²) in [6, 6.07) is 77.5. The van der Waals surface area contributed by atoms with E-state index in [1.165, 1.54) is 0 Å². The van der Waals surface area contributed by atoms with E-state index < -0.39 is 5.60 Å². The van der Waals surface area contributed by atoms with Crippen molar-refractivity contribution in [3.05, 3.63) is 242 Å². The number of ether oxygens (including phenoxy) is 2. The molecule has 0 spiro atoms. The van der Waals surface area contributed by atoms with Crippen LogP contribution in [0.15, 0.2) is 231 Å². The zero-order valence-electron chi connectivity index (χ0n) is 38.4. The molecule has 71 heavy (non-hydrogen) atoms. The summed E-state index contributed by atoms with van der Waals surface area (Å²) < 4.78 is 13.6. The Balaban J connectivity index is 1.04. The van der Waals surface area contributed by atoms with Crippen molar-refractivity contribution in [2.45, 2.75) is 12.5 Å². The first kappa shape index (κ1) is 41.6. The Hall–Kier alpha value is -9.60. The smallest absolute Gasteiger partial charge is 0.239 e. The molecule has 4 heterocycles. The van der Waals surface area contributed by atoms with Gasteiger partial charge in [-0.15, -0.1) is 0 Å². The highest BCUT2D eigenvalue weighted by Gasteiger charge is 2.38. The quantitative estimate of drug-likeness (QED) is 0.148. The number of hydrogen-bond donors (Lipinski definition) is 0. The first-order valence-electron chi connectivity index (χ1n) is 23.5. The fraction of sp³-hybridized carbons (Fsp3) is 0.0323. The molecule has 0 amide bonds. The average Bonchev–Trinajstić information content (AvgIpc) is 3.45. The van der Waals surface area contributed by atoms with Crippen molar-refractivity contribution in [3.8, 4) is 96.4 Å². The van der Waals surface area contributed by atoms with E-state index in [0.717, 1.165) is 78.3 Å². The molecule has 2 aliphatic heterocycles. The summed E-state index contributed by atoms with van der Waals surface area (Å²) in [4.78, 5) is 33.4. The zero-order valence-corrected chi connectivity index (χ0v) is 38.4. The SMILES string of the molecule is CC1(c2ccccc2)Oc2cc(-c3ccc(-c4nc(-c5ccccc5)nc(N5c6ccccc6Oc6ccccc65)n4)cc3-c3nc(-c4ccccc4)nc(-c4ccccc4)n3)ccc2-c2ccccc21. The van der Waals surface area contributed by atoms with Crippen LogP contribution in [0, 0.1) is 0 Å². The van der Waals surface area contributed by atoms with Gasteiger partial charge in [0, 0.05) is 38.9 Å². The summed E-state index contributed by atoms with van der Waals surface area (Å²) in [7, 11) is 0. The van der Waals surface area contributed by atoms with E-state index in [9.17, 15) is 0 Å². The number of nitrogens with zero attached hydrogens (tertiary/aromatic N) is 7. The van der Waals surface area contributed by atoms with Gasteiger partial charge in [0.05, 0.1) is 11.4 Å². The number of fused-ring (bicyclic) bond motifs is 5. The summed E-state index contributed by atoms with van der Waals surface area (Å²) in [6.45, 7) is 2.15. The Morgan fingerprint density at radius 2 is 0.803 bits per heavy atom. The maximum Gasteiger partial charge on any atom is 0.239 e. The van der Waals surface area contributed by atoms with Crippen LogP contribution in [0.1, 0.15) is 18.1 Å². The predicted octanol–water partition coefficient (Wildman–Crippen LogP) is 15.0. The molecule has 9 heteroatoms. The van der Waals surface area contributed by atoms with Gasteiger partial charge in [0.25, 0.3) is 0 Å². The minimum Gasteiger partial charge on any atom is -0.477 e. The maximum atomic E-state index is 7.18. The molecule has 0 saturated heterocycles. The van der Waals surface area contributed by atoms with Gasteiger partial charge in [-0.05, 0) is 65.6 Å². The first-order valence-corrected chi connectivity index (χ1v) is 23.5. The van der Waals surface area contributed by atoms with Crippen LogP contribution in [-0.4, -0.2) is 29.9 Å². The molecule has 0 bridgehead atoms. The van der Waals surface area contributed by atoms with Gasteiger partial charge in [-0.25, -0.2) is 19.9 Å². The Morgan fingerprint density at radius 3 is 1.41 bits per heavy atom. The molecule has 13 rings (SSSR count). The highest BCUT2D eigenvalue weighted by atomic mass is 16.5. The Bertz CT molecular complexity index is 3700. The van der Waals surface area contributed by atoms with Crippen molar-refractivity contribution < 1.29 is 9.47 Å². The summed E-state index contributed by atoms with van der Waals surface area (Å²) >= 11 is 0. The van der Waals surface area contributed by atoms with Crippen LogP contribution in [0.25, 0.3) is 79.2 Å². The predicted molar refractivity (Wildman–Crippen MR) is 280 cm³/mol. The third-order valence-electron chi connectivity index (χ3n) is 13.2. The van der Waals surface area contributed by atoms with Crippen LogP contribution >= 0.6 is 0 Å². The van der Waals surface area contributed by atoms with Gasteiger partial charge in [0.1, 0.15) is 5.75 Å². The van der Waals surface area contributed by atoms with Crippen molar-refractivity contribution >= 4 is 17.3 Å². The van der Waals surface area contributed by atoms with Gasteiger partial charge < -0.3 is 9.47 Å². The number of aromatic nitrogens is 6. The standard InChI is InChI=1S/C62H41N7O2/c1-62(45-26-12-5-13-27-45)50-29-15-14-28-47(50)48-37-34-43(39-55(48)71-62)46-36-35-44(38-49(46)60-65-56(40-20-6-2-7-21-40)63-57(66-60)41-22-8-3-9-23-41)59-64-58(42-24-10-4-11-25-42)67-61(68-59)69-51-30-16-18-32-53(51)70-54-33-19-17-31-52(54)69/h2-39H,1H3. The van der Waals surface area contributed by atoms with Gasteiger partial charge in [0.15, 0.2) is 46.2 Å². The van der Waals surface area contributed by atoms with E-state index in [-0.39, 0.29) is 0 Å². The third kappa shape index (κ3) is 7.44. The van der Waals surface area contributed by atoms with Crippen LogP contribution in [0.2, 0.25) is 0 Å². The summed E-state index contributed by atoms with van der Waals surface area (Å²) in [5, 5.41) is 0. The molecular weight excluding hydrogens is 875 g/mol. The van der Waals surface area contributed by atoms with Gasteiger partial charge in [0.2, 0.25) is 5.95 Å². The van der Waals surface area contributed by atoms with Gasteiger partial charge in [-0.3, -0.25) is 4.90 Å². The summed E-state index contributed by atoms with van der Waals surface area (Å²) in [5.41, 5.74) is 11.1. The molecule has 0 saturated carbocycles. The van der Waals surface area contributed by atoms with Gasteiger partial charge in [-0.2, -0.15) is 9.97 Å².